The monoisotopic (exact) mass is 238 g/mol. The lowest BCUT2D eigenvalue weighted by molar-refractivity contribution is 0.168. The molecule has 1 amide bonds. The molecule has 0 spiro atoms. The molecule has 1 aromatic rings. The maximum atomic E-state index is 11.1. The summed E-state index contributed by atoms with van der Waals surface area (Å²) in [5.41, 5.74) is 0. The third kappa shape index (κ3) is 3.90. The fourth-order valence-corrected chi connectivity index (χ4v) is 1.38. The number of nitrogens with zero attached hydrogens (tertiary/aromatic N) is 3. The molecule has 6 nitrogen and oxygen atoms in total. The molecule has 1 N–H and O–H groups in total. The van der Waals surface area contributed by atoms with Crippen LogP contribution in [0.2, 0.25) is 0 Å². The molecule has 0 atom stereocenters. The first kappa shape index (κ1) is 13.2. The topological polar surface area (TPSA) is 67.3 Å². The van der Waals surface area contributed by atoms with Gasteiger partial charge in [0.1, 0.15) is 0 Å². The third-order valence-electron chi connectivity index (χ3n) is 2.24. The van der Waals surface area contributed by atoms with Crippen LogP contribution in [0.4, 0.5) is 16.4 Å². The Kier molecular flexibility index (Phi) is 5.19. The number of carbonyl (C=O) groups is 1. The first-order valence-electron chi connectivity index (χ1n) is 5.73. The Morgan fingerprint density at radius 1 is 1.29 bits per heavy atom. The second-order valence-electron chi connectivity index (χ2n) is 3.29. The zero-order valence-corrected chi connectivity index (χ0v) is 10.4. The Morgan fingerprint density at radius 2 is 2.00 bits per heavy atom. The average molecular weight is 238 g/mol. The van der Waals surface area contributed by atoms with E-state index in [4.69, 9.17) is 4.74 Å². The number of aromatic nitrogens is 2. The van der Waals surface area contributed by atoms with Crippen LogP contribution in [0.25, 0.3) is 0 Å². The fourth-order valence-electron chi connectivity index (χ4n) is 1.38. The summed E-state index contributed by atoms with van der Waals surface area (Å²) in [4.78, 5) is 13.2. The summed E-state index contributed by atoms with van der Waals surface area (Å²) in [5.74, 6) is 1.18. The Morgan fingerprint density at radius 3 is 2.47 bits per heavy atom. The molecule has 0 unspecified atom stereocenters. The Labute approximate surface area is 101 Å². The van der Waals surface area contributed by atoms with Crippen molar-refractivity contribution in [2.45, 2.75) is 20.8 Å². The first-order valence-corrected chi connectivity index (χ1v) is 5.73. The third-order valence-corrected chi connectivity index (χ3v) is 2.24. The quantitative estimate of drug-likeness (QED) is 0.848. The summed E-state index contributed by atoms with van der Waals surface area (Å²) in [5, 5.41) is 10.4. The van der Waals surface area contributed by atoms with Crippen LogP contribution in [0.3, 0.4) is 0 Å². The van der Waals surface area contributed by atoms with E-state index in [-0.39, 0.29) is 0 Å². The van der Waals surface area contributed by atoms with Crippen LogP contribution in [0, 0.1) is 0 Å². The van der Waals surface area contributed by atoms with Gasteiger partial charge in [0.05, 0.1) is 6.61 Å². The van der Waals surface area contributed by atoms with Gasteiger partial charge >= 0.3 is 6.09 Å². The van der Waals surface area contributed by atoms with Crippen molar-refractivity contribution >= 4 is 17.7 Å². The Bertz CT molecular complexity index is 349. The number of anilines is 2. The van der Waals surface area contributed by atoms with Gasteiger partial charge in [-0.3, -0.25) is 5.32 Å². The predicted octanol–water partition coefficient (Wildman–Crippen LogP) is 1.89. The number of amides is 1. The molecule has 0 aliphatic heterocycles. The smallest absolute Gasteiger partial charge is 0.412 e. The number of ether oxygens (including phenoxy) is 1. The fraction of sp³-hybridized carbons (Fsp3) is 0.545. The zero-order chi connectivity index (χ0) is 12.7. The van der Waals surface area contributed by atoms with E-state index in [9.17, 15) is 4.79 Å². The molecule has 17 heavy (non-hydrogen) atoms. The summed E-state index contributed by atoms with van der Waals surface area (Å²) < 4.78 is 4.74. The van der Waals surface area contributed by atoms with Crippen molar-refractivity contribution in [1.82, 2.24) is 10.2 Å². The minimum Gasteiger partial charge on any atom is -0.450 e. The number of rotatable bonds is 5. The predicted molar refractivity (Wildman–Crippen MR) is 66.2 cm³/mol. The molecule has 6 heteroatoms. The van der Waals surface area contributed by atoms with Gasteiger partial charge in [-0.05, 0) is 32.9 Å². The molecule has 0 aromatic carbocycles. The molecule has 0 bridgehead atoms. The van der Waals surface area contributed by atoms with E-state index in [0.717, 1.165) is 18.9 Å². The van der Waals surface area contributed by atoms with Crippen molar-refractivity contribution in [1.29, 1.82) is 0 Å². The van der Waals surface area contributed by atoms with Crippen LogP contribution in [-0.4, -0.2) is 36.0 Å². The molecule has 0 fully saturated rings. The second kappa shape index (κ2) is 6.67. The van der Waals surface area contributed by atoms with Crippen molar-refractivity contribution in [2.24, 2.45) is 0 Å². The molecule has 0 aliphatic rings. The Balaban J connectivity index is 2.64. The minimum atomic E-state index is -0.516. The molecule has 1 heterocycles. The van der Waals surface area contributed by atoms with Gasteiger partial charge in [-0.1, -0.05) is 0 Å². The van der Waals surface area contributed by atoms with Gasteiger partial charge in [-0.25, -0.2) is 4.79 Å². The van der Waals surface area contributed by atoms with Crippen LogP contribution < -0.4 is 10.2 Å². The SMILES string of the molecule is CCOC(=O)Nc1ccc(N(CC)CC)nn1. The summed E-state index contributed by atoms with van der Waals surface area (Å²) in [7, 11) is 0. The minimum absolute atomic E-state index is 0.330. The van der Waals surface area contributed by atoms with Crippen LogP contribution in [0.1, 0.15) is 20.8 Å². The lowest BCUT2D eigenvalue weighted by atomic mass is 10.4. The van der Waals surface area contributed by atoms with Gasteiger partial charge in [0, 0.05) is 13.1 Å². The normalized spacial score (nSPS) is 9.82. The van der Waals surface area contributed by atoms with Crippen molar-refractivity contribution in [3.63, 3.8) is 0 Å². The summed E-state index contributed by atoms with van der Waals surface area (Å²) in [6.07, 6.45) is -0.516. The summed E-state index contributed by atoms with van der Waals surface area (Å²) in [6.45, 7) is 7.92. The van der Waals surface area contributed by atoms with Gasteiger partial charge in [-0.15, -0.1) is 10.2 Å². The van der Waals surface area contributed by atoms with Crippen LogP contribution in [0.15, 0.2) is 12.1 Å². The van der Waals surface area contributed by atoms with E-state index in [2.05, 4.69) is 34.3 Å². The second-order valence-corrected chi connectivity index (χ2v) is 3.29. The highest BCUT2D eigenvalue weighted by atomic mass is 16.5. The van der Waals surface area contributed by atoms with Gasteiger partial charge in [-0.2, -0.15) is 0 Å². The maximum Gasteiger partial charge on any atom is 0.412 e. The van der Waals surface area contributed by atoms with E-state index in [1.165, 1.54) is 0 Å². The first-order chi connectivity index (χ1) is 8.21. The standard InChI is InChI=1S/C11H18N4O2/c1-4-15(5-2)10-8-7-9(13-14-10)12-11(16)17-6-3/h7-8H,4-6H2,1-3H3,(H,12,13,16). The maximum absolute atomic E-state index is 11.1. The van der Waals surface area contributed by atoms with Crippen LogP contribution >= 0.6 is 0 Å². The van der Waals surface area contributed by atoms with Crippen molar-refractivity contribution < 1.29 is 9.53 Å². The van der Waals surface area contributed by atoms with E-state index in [0.29, 0.717) is 12.4 Å². The molecular weight excluding hydrogens is 220 g/mol. The van der Waals surface area contributed by atoms with Gasteiger partial charge in [0.25, 0.3) is 0 Å². The van der Waals surface area contributed by atoms with Crippen molar-refractivity contribution in [2.75, 3.05) is 29.9 Å². The molecule has 0 aliphatic carbocycles. The van der Waals surface area contributed by atoms with E-state index >= 15 is 0 Å². The molecule has 1 aromatic heterocycles. The Hall–Kier alpha value is -1.85. The van der Waals surface area contributed by atoms with Gasteiger partial charge < -0.3 is 9.64 Å². The number of hydrogen-bond acceptors (Lipinski definition) is 5. The van der Waals surface area contributed by atoms with Crippen molar-refractivity contribution in [3.05, 3.63) is 12.1 Å². The highest BCUT2D eigenvalue weighted by Gasteiger charge is 2.06. The molecule has 0 saturated carbocycles. The molecule has 0 radical (unpaired) electrons. The lowest BCUT2D eigenvalue weighted by Crippen LogP contribution is -2.23. The summed E-state index contributed by atoms with van der Waals surface area (Å²) >= 11 is 0. The van der Waals surface area contributed by atoms with Crippen molar-refractivity contribution in [3.8, 4) is 0 Å². The molecular formula is C11H18N4O2. The van der Waals surface area contributed by atoms with Crippen LogP contribution in [0.5, 0.6) is 0 Å². The lowest BCUT2D eigenvalue weighted by Gasteiger charge is -2.18. The highest BCUT2D eigenvalue weighted by Crippen LogP contribution is 2.11. The van der Waals surface area contributed by atoms with Crippen LogP contribution in [-0.2, 0) is 4.74 Å². The van der Waals surface area contributed by atoms with E-state index in [1.807, 2.05) is 6.07 Å². The largest absolute Gasteiger partial charge is 0.450 e. The van der Waals surface area contributed by atoms with E-state index in [1.54, 1.807) is 13.0 Å². The average Bonchev–Trinajstić information content (AvgIpc) is 2.33. The van der Waals surface area contributed by atoms with E-state index < -0.39 is 6.09 Å². The number of nitrogens with one attached hydrogen (secondary N) is 1. The highest BCUT2D eigenvalue weighted by molar-refractivity contribution is 5.83. The van der Waals surface area contributed by atoms with Gasteiger partial charge in [0.2, 0.25) is 0 Å². The summed E-state index contributed by atoms with van der Waals surface area (Å²) in [6, 6.07) is 3.53. The number of carbonyl (C=O) groups excluding carboxylic acids is 1. The number of hydrogen-bond donors (Lipinski definition) is 1. The molecule has 94 valence electrons. The zero-order valence-electron chi connectivity index (χ0n) is 10.4. The van der Waals surface area contributed by atoms with Gasteiger partial charge in [0.15, 0.2) is 11.6 Å². The molecule has 1 rings (SSSR count). The molecule has 0 saturated heterocycles.